The van der Waals surface area contributed by atoms with E-state index in [2.05, 4.69) is 26.6 Å². The summed E-state index contributed by atoms with van der Waals surface area (Å²) in [6, 6.07) is 14.2. The Balaban J connectivity index is 1.74. The van der Waals surface area contributed by atoms with Crippen molar-refractivity contribution in [2.75, 3.05) is 11.9 Å². The molecule has 0 saturated heterocycles. The number of para-hydroxylation sites is 1. The van der Waals surface area contributed by atoms with Crippen LogP contribution in [0.1, 0.15) is 66.0 Å². The van der Waals surface area contributed by atoms with Crippen LogP contribution in [0.15, 0.2) is 72.8 Å². The first-order valence-corrected chi connectivity index (χ1v) is 17.6. The van der Waals surface area contributed by atoms with Gasteiger partial charge in [0.15, 0.2) is 6.10 Å². The molecular weight excluding hydrogens is 696 g/mol. The number of anilines is 1. The smallest absolute Gasteiger partial charge is 0.335 e. The number of aromatic hydroxyl groups is 1. The van der Waals surface area contributed by atoms with Gasteiger partial charge in [0.1, 0.15) is 23.9 Å². The van der Waals surface area contributed by atoms with E-state index in [-0.39, 0.29) is 47.9 Å². The molecule has 5 atom stereocenters. The lowest BCUT2D eigenvalue weighted by atomic mass is 9.97. The molecule has 0 aliphatic carbocycles. The number of phenols is 1. The van der Waals surface area contributed by atoms with E-state index in [0.717, 1.165) is 0 Å². The van der Waals surface area contributed by atoms with Gasteiger partial charge in [0.05, 0.1) is 17.2 Å². The van der Waals surface area contributed by atoms with Crippen LogP contribution in [0.2, 0.25) is 0 Å². The molecule has 0 saturated carbocycles. The van der Waals surface area contributed by atoms with Crippen LogP contribution < -0.4 is 32.3 Å². The van der Waals surface area contributed by atoms with Crippen molar-refractivity contribution in [3.05, 3.63) is 95.1 Å². The average molecular weight is 747 g/mol. The normalized spacial score (nSPS) is 13.9. The first-order chi connectivity index (χ1) is 25.5. The second-order valence-electron chi connectivity index (χ2n) is 13.8. The molecule has 290 valence electrons. The highest BCUT2D eigenvalue weighted by Gasteiger charge is 2.34. The van der Waals surface area contributed by atoms with E-state index in [9.17, 15) is 44.1 Å². The number of rotatable bonds is 18. The number of carbonyl (C=O) groups is 6. The Labute approximate surface area is 314 Å². The maximum atomic E-state index is 13.9. The van der Waals surface area contributed by atoms with Gasteiger partial charge in [0.25, 0.3) is 11.8 Å². The average Bonchev–Trinajstić information content (AvgIpc) is 3.12. The molecule has 0 fully saturated rings. The standard InChI is InChI=1S/C39H50N6O9/c1-21(2)17-30(44-37(51)31(22(3)4)45-35(49)28(40)20-41-34(48)27-16-9-11-23(5)32(27)46)36(50)43-29(18-24-12-7-6-8-13-24)33(47)38(52)42-26-15-10-14-25(19-26)39(53)54/h6-16,19,21-22,28-31,33,46-47H,17-18,20,40H2,1-5H3,(H,41,48)(H,42,52)(H,43,50)(H,44,51)(H,45,49)(H,53,54)/t28-,29-,30-,31-,33+/m0/s1. The Morgan fingerprint density at radius 2 is 1.44 bits per heavy atom. The van der Waals surface area contributed by atoms with Crippen molar-refractivity contribution in [2.45, 2.75) is 77.7 Å². The number of carbonyl (C=O) groups excluding carboxylic acids is 5. The second kappa shape index (κ2) is 19.9. The zero-order chi connectivity index (χ0) is 40.1. The van der Waals surface area contributed by atoms with Crippen LogP contribution in [0.25, 0.3) is 0 Å². The minimum Gasteiger partial charge on any atom is -0.507 e. The fourth-order valence-electron chi connectivity index (χ4n) is 5.51. The van der Waals surface area contributed by atoms with Crippen molar-refractivity contribution >= 4 is 41.2 Å². The molecule has 5 amide bonds. The molecule has 0 bridgehead atoms. The van der Waals surface area contributed by atoms with Crippen molar-refractivity contribution in [3.63, 3.8) is 0 Å². The Bertz CT molecular complexity index is 1800. The van der Waals surface area contributed by atoms with E-state index in [1.165, 1.54) is 30.3 Å². The number of carboxylic acid groups (broad SMARTS) is 1. The van der Waals surface area contributed by atoms with Crippen molar-refractivity contribution in [1.82, 2.24) is 21.3 Å². The summed E-state index contributed by atoms with van der Waals surface area (Å²) >= 11 is 0. The van der Waals surface area contributed by atoms with Gasteiger partial charge < -0.3 is 47.6 Å². The maximum absolute atomic E-state index is 13.9. The molecule has 0 aliphatic heterocycles. The van der Waals surface area contributed by atoms with Gasteiger partial charge in [-0.1, -0.05) is 76.2 Å². The predicted molar refractivity (Wildman–Crippen MR) is 201 cm³/mol. The highest BCUT2D eigenvalue weighted by molar-refractivity contribution is 5.99. The summed E-state index contributed by atoms with van der Waals surface area (Å²) in [6.45, 7) is 8.39. The third-order valence-electron chi connectivity index (χ3n) is 8.54. The zero-order valence-corrected chi connectivity index (χ0v) is 31.0. The van der Waals surface area contributed by atoms with Crippen LogP contribution in [0.3, 0.4) is 0 Å². The van der Waals surface area contributed by atoms with Crippen molar-refractivity contribution in [1.29, 1.82) is 0 Å². The van der Waals surface area contributed by atoms with Crippen LogP contribution in [-0.4, -0.2) is 87.6 Å². The van der Waals surface area contributed by atoms with Crippen molar-refractivity contribution in [3.8, 4) is 5.75 Å². The van der Waals surface area contributed by atoms with Crippen molar-refractivity contribution in [2.24, 2.45) is 17.6 Å². The number of aromatic carboxylic acids is 1. The predicted octanol–water partition coefficient (Wildman–Crippen LogP) is 1.85. The number of nitrogens with one attached hydrogen (secondary N) is 5. The number of aliphatic hydroxyl groups is 1. The zero-order valence-electron chi connectivity index (χ0n) is 31.0. The molecule has 10 N–H and O–H groups in total. The number of benzene rings is 3. The fraction of sp³-hybridized carbons (Fsp3) is 0.385. The summed E-state index contributed by atoms with van der Waals surface area (Å²) in [5, 5.41) is 43.8. The van der Waals surface area contributed by atoms with E-state index in [1.54, 1.807) is 63.2 Å². The SMILES string of the molecule is Cc1cccc(C(=O)NC[C@H](N)C(=O)N[C@H](C(=O)N[C@@H](CC(C)C)C(=O)N[C@@H](Cc2ccccc2)[C@@H](O)C(=O)Nc2cccc(C(=O)O)c2)C(C)C)c1O. The van der Waals surface area contributed by atoms with Gasteiger partial charge in [-0.2, -0.15) is 0 Å². The number of hydrogen-bond donors (Lipinski definition) is 9. The number of phenolic OH excluding ortho intramolecular Hbond substituents is 1. The van der Waals surface area contributed by atoms with Gasteiger partial charge in [-0.25, -0.2) is 4.79 Å². The van der Waals surface area contributed by atoms with Gasteiger partial charge in [-0.05, 0) is 67.0 Å². The van der Waals surface area contributed by atoms with E-state index in [0.29, 0.717) is 11.1 Å². The Morgan fingerprint density at radius 1 is 0.778 bits per heavy atom. The van der Waals surface area contributed by atoms with E-state index < -0.39 is 71.7 Å². The number of aliphatic hydroxyl groups excluding tert-OH is 1. The van der Waals surface area contributed by atoms with Crippen LogP contribution in [0.5, 0.6) is 5.75 Å². The van der Waals surface area contributed by atoms with Gasteiger partial charge in [-0.15, -0.1) is 0 Å². The van der Waals surface area contributed by atoms with E-state index in [4.69, 9.17) is 5.73 Å². The molecule has 15 heteroatoms. The van der Waals surface area contributed by atoms with Crippen LogP contribution in [0.4, 0.5) is 5.69 Å². The number of aryl methyl sites for hydroxylation is 1. The van der Waals surface area contributed by atoms with Crippen LogP contribution >= 0.6 is 0 Å². The summed E-state index contributed by atoms with van der Waals surface area (Å²) in [5.41, 5.74) is 7.30. The number of carboxylic acids is 1. The molecule has 0 aromatic heterocycles. The van der Waals surface area contributed by atoms with Gasteiger partial charge in [0, 0.05) is 12.2 Å². The summed E-state index contributed by atoms with van der Waals surface area (Å²) in [5.74, 6) is -5.61. The van der Waals surface area contributed by atoms with Gasteiger partial charge in [-0.3, -0.25) is 24.0 Å². The quantitative estimate of drug-likeness (QED) is 0.0914. The summed E-state index contributed by atoms with van der Waals surface area (Å²) < 4.78 is 0. The molecular formula is C39H50N6O9. The highest BCUT2D eigenvalue weighted by Crippen LogP contribution is 2.21. The molecule has 0 unspecified atom stereocenters. The number of hydrogen-bond acceptors (Lipinski definition) is 9. The first kappa shape index (κ1) is 42.6. The summed E-state index contributed by atoms with van der Waals surface area (Å²) in [4.78, 5) is 77.8. The van der Waals surface area contributed by atoms with Gasteiger partial charge >= 0.3 is 5.97 Å². The molecule has 15 nitrogen and oxygen atoms in total. The van der Waals surface area contributed by atoms with Crippen molar-refractivity contribution < 1.29 is 44.1 Å². The van der Waals surface area contributed by atoms with E-state index >= 15 is 0 Å². The number of amides is 5. The second-order valence-corrected chi connectivity index (χ2v) is 13.8. The third-order valence-corrected chi connectivity index (χ3v) is 8.54. The monoisotopic (exact) mass is 746 g/mol. The Morgan fingerprint density at radius 3 is 2.07 bits per heavy atom. The fourth-order valence-corrected chi connectivity index (χ4v) is 5.51. The summed E-state index contributed by atoms with van der Waals surface area (Å²) in [6.07, 6.45) is -1.60. The molecule has 3 rings (SSSR count). The minimum absolute atomic E-state index is 0.0150. The lowest BCUT2D eigenvalue weighted by Crippen LogP contribution is -2.60. The highest BCUT2D eigenvalue weighted by atomic mass is 16.4. The maximum Gasteiger partial charge on any atom is 0.335 e. The van der Waals surface area contributed by atoms with Crippen LogP contribution in [0, 0.1) is 18.8 Å². The molecule has 0 aliphatic rings. The molecule has 0 spiro atoms. The third kappa shape index (κ3) is 12.4. The molecule has 0 heterocycles. The summed E-state index contributed by atoms with van der Waals surface area (Å²) in [7, 11) is 0. The lowest BCUT2D eigenvalue weighted by molar-refractivity contribution is -0.134. The molecule has 54 heavy (non-hydrogen) atoms. The number of nitrogens with two attached hydrogens (primary N) is 1. The molecule has 3 aromatic rings. The van der Waals surface area contributed by atoms with Crippen LogP contribution in [-0.2, 0) is 25.6 Å². The van der Waals surface area contributed by atoms with Gasteiger partial charge in [0.2, 0.25) is 17.7 Å². The lowest BCUT2D eigenvalue weighted by Gasteiger charge is -2.29. The first-order valence-electron chi connectivity index (χ1n) is 17.6. The minimum atomic E-state index is -1.79. The molecule has 0 radical (unpaired) electrons. The van der Waals surface area contributed by atoms with E-state index in [1.807, 2.05) is 13.8 Å². The largest absolute Gasteiger partial charge is 0.507 e. The molecule has 3 aromatic carbocycles. The topological polar surface area (TPSA) is 249 Å². The Hall–Kier alpha value is -5.80. The Kier molecular flexibility index (Phi) is 15.7.